The van der Waals surface area contributed by atoms with Crippen molar-refractivity contribution in [2.24, 2.45) is 5.92 Å². The minimum atomic E-state index is -0.896. The highest BCUT2D eigenvalue weighted by Gasteiger charge is 2.28. The lowest BCUT2D eigenvalue weighted by Crippen LogP contribution is -2.40. The van der Waals surface area contributed by atoms with Crippen LogP contribution in [0, 0.1) is 5.92 Å². The van der Waals surface area contributed by atoms with E-state index in [1.807, 2.05) is 30.3 Å². The van der Waals surface area contributed by atoms with Crippen LogP contribution >= 0.6 is 0 Å². The molecule has 0 spiro atoms. The van der Waals surface area contributed by atoms with E-state index in [1.165, 1.54) is 4.90 Å². The van der Waals surface area contributed by atoms with E-state index < -0.39 is 12.3 Å². The summed E-state index contributed by atoms with van der Waals surface area (Å²) in [6.45, 7) is 0.907. The first kappa shape index (κ1) is 12.9. The molecule has 18 heavy (non-hydrogen) atoms. The van der Waals surface area contributed by atoms with Gasteiger partial charge in [-0.25, -0.2) is 9.18 Å². The molecule has 4 heteroatoms. The van der Waals surface area contributed by atoms with Crippen LogP contribution in [-0.4, -0.2) is 35.4 Å². The number of nitrogens with zero attached hydrogens (tertiary/aromatic N) is 1. The van der Waals surface area contributed by atoms with E-state index in [-0.39, 0.29) is 5.92 Å². The number of amides is 1. The lowest BCUT2D eigenvalue weighted by molar-refractivity contribution is 0.101. The van der Waals surface area contributed by atoms with Crippen LogP contribution in [-0.2, 0) is 6.42 Å². The average Bonchev–Trinajstić information content (AvgIpc) is 2.40. The van der Waals surface area contributed by atoms with Gasteiger partial charge in [-0.05, 0) is 24.3 Å². The predicted molar refractivity (Wildman–Crippen MR) is 67.4 cm³/mol. The summed E-state index contributed by atoms with van der Waals surface area (Å²) in [6.07, 6.45) is -0.0885. The normalized spacial score (nSPS) is 18.6. The van der Waals surface area contributed by atoms with Gasteiger partial charge in [-0.15, -0.1) is 0 Å². The van der Waals surface area contributed by atoms with Gasteiger partial charge in [-0.2, -0.15) is 0 Å². The molecule has 98 valence electrons. The van der Waals surface area contributed by atoms with E-state index in [9.17, 15) is 9.18 Å². The van der Waals surface area contributed by atoms with Gasteiger partial charge in [0, 0.05) is 19.5 Å². The Kier molecular flexibility index (Phi) is 4.18. The van der Waals surface area contributed by atoms with Gasteiger partial charge >= 0.3 is 6.09 Å². The SMILES string of the molecule is O=C(O)N1CCC(C(F)Cc2ccccc2)CC1. The van der Waals surface area contributed by atoms with Gasteiger partial charge in [0.2, 0.25) is 0 Å². The highest BCUT2D eigenvalue weighted by molar-refractivity contribution is 5.64. The zero-order chi connectivity index (χ0) is 13.0. The number of carbonyl (C=O) groups is 1. The van der Waals surface area contributed by atoms with Crippen molar-refractivity contribution in [1.82, 2.24) is 4.90 Å². The Labute approximate surface area is 106 Å². The Hall–Kier alpha value is -1.58. The standard InChI is InChI=1S/C14H18FNO2/c15-13(10-11-4-2-1-3-5-11)12-6-8-16(9-7-12)14(17)18/h1-5,12-13H,6-10H2,(H,17,18). The van der Waals surface area contributed by atoms with Crippen LogP contribution in [0.5, 0.6) is 0 Å². The van der Waals surface area contributed by atoms with Crippen LogP contribution in [0.3, 0.4) is 0 Å². The maximum atomic E-state index is 14.1. The third-order valence-electron chi connectivity index (χ3n) is 3.60. The number of rotatable bonds is 3. The fraction of sp³-hybridized carbons (Fsp3) is 0.500. The number of hydrogen-bond acceptors (Lipinski definition) is 1. The molecule has 1 saturated heterocycles. The van der Waals surface area contributed by atoms with Gasteiger partial charge < -0.3 is 10.0 Å². The van der Waals surface area contributed by atoms with Gasteiger partial charge in [0.25, 0.3) is 0 Å². The third-order valence-corrected chi connectivity index (χ3v) is 3.60. The second-order valence-electron chi connectivity index (χ2n) is 4.81. The molecule has 1 N–H and O–H groups in total. The molecular weight excluding hydrogens is 233 g/mol. The van der Waals surface area contributed by atoms with E-state index >= 15 is 0 Å². The average molecular weight is 251 g/mol. The first-order valence-corrected chi connectivity index (χ1v) is 6.32. The molecule has 0 aliphatic carbocycles. The lowest BCUT2D eigenvalue weighted by Gasteiger charge is -2.31. The maximum Gasteiger partial charge on any atom is 0.407 e. The summed E-state index contributed by atoms with van der Waals surface area (Å²) < 4.78 is 14.1. The molecule has 0 saturated carbocycles. The van der Waals surface area contributed by atoms with Crippen molar-refractivity contribution in [3.8, 4) is 0 Å². The summed E-state index contributed by atoms with van der Waals surface area (Å²) >= 11 is 0. The minimum absolute atomic E-state index is 0.0131. The first-order chi connectivity index (χ1) is 8.66. The Morgan fingerprint density at radius 1 is 1.33 bits per heavy atom. The van der Waals surface area contributed by atoms with Crippen LogP contribution < -0.4 is 0 Å². The van der Waals surface area contributed by atoms with E-state index in [4.69, 9.17) is 5.11 Å². The number of alkyl halides is 1. The van der Waals surface area contributed by atoms with Gasteiger partial charge in [0.1, 0.15) is 6.17 Å². The highest BCUT2D eigenvalue weighted by Crippen LogP contribution is 2.25. The number of benzene rings is 1. The molecule has 1 aliphatic heterocycles. The Balaban J connectivity index is 1.84. The molecule has 1 aromatic rings. The van der Waals surface area contributed by atoms with Gasteiger partial charge in [0.15, 0.2) is 0 Å². The van der Waals surface area contributed by atoms with E-state index in [2.05, 4.69) is 0 Å². The summed E-state index contributed by atoms with van der Waals surface area (Å²) in [6, 6.07) is 9.60. The first-order valence-electron chi connectivity index (χ1n) is 6.32. The quantitative estimate of drug-likeness (QED) is 0.897. The van der Waals surface area contributed by atoms with Crippen LogP contribution in [0.1, 0.15) is 18.4 Å². The van der Waals surface area contributed by atoms with Crippen LogP contribution in [0.2, 0.25) is 0 Å². The summed E-state index contributed by atoms with van der Waals surface area (Å²) in [5.74, 6) is -0.0131. The molecule has 1 unspecified atom stereocenters. The van der Waals surface area contributed by atoms with E-state index in [0.29, 0.717) is 32.4 Å². The molecule has 2 rings (SSSR count). The largest absolute Gasteiger partial charge is 0.465 e. The van der Waals surface area contributed by atoms with E-state index in [0.717, 1.165) is 5.56 Å². The van der Waals surface area contributed by atoms with Crippen LogP contribution in [0.15, 0.2) is 30.3 Å². The zero-order valence-corrected chi connectivity index (χ0v) is 10.3. The predicted octanol–water partition coefficient (Wildman–Crippen LogP) is 2.96. The molecule has 1 aliphatic rings. The van der Waals surface area contributed by atoms with Crippen molar-refractivity contribution in [2.45, 2.75) is 25.4 Å². The monoisotopic (exact) mass is 251 g/mol. The highest BCUT2D eigenvalue weighted by atomic mass is 19.1. The third kappa shape index (κ3) is 3.22. The number of hydrogen-bond donors (Lipinski definition) is 1. The molecular formula is C14H18FNO2. The zero-order valence-electron chi connectivity index (χ0n) is 10.3. The number of carboxylic acid groups (broad SMARTS) is 1. The van der Waals surface area contributed by atoms with Gasteiger partial charge in [-0.3, -0.25) is 0 Å². The molecule has 1 aromatic carbocycles. The summed E-state index contributed by atoms with van der Waals surface area (Å²) in [4.78, 5) is 12.1. The van der Waals surface area contributed by atoms with Crippen molar-refractivity contribution in [3.63, 3.8) is 0 Å². The maximum absolute atomic E-state index is 14.1. The van der Waals surface area contributed by atoms with Crippen molar-refractivity contribution in [1.29, 1.82) is 0 Å². The Bertz CT molecular complexity index is 388. The molecule has 3 nitrogen and oxygen atoms in total. The second kappa shape index (κ2) is 5.85. The summed E-state index contributed by atoms with van der Waals surface area (Å²) in [5, 5.41) is 8.83. The molecule has 0 bridgehead atoms. The molecule has 0 radical (unpaired) electrons. The summed E-state index contributed by atoms with van der Waals surface area (Å²) in [7, 11) is 0. The van der Waals surface area contributed by atoms with Crippen molar-refractivity contribution < 1.29 is 14.3 Å². The van der Waals surface area contributed by atoms with E-state index in [1.54, 1.807) is 0 Å². The second-order valence-corrected chi connectivity index (χ2v) is 4.81. The molecule has 1 amide bonds. The fourth-order valence-electron chi connectivity index (χ4n) is 2.46. The summed E-state index contributed by atoms with van der Waals surface area (Å²) in [5.41, 5.74) is 1.01. The van der Waals surface area contributed by atoms with Gasteiger partial charge in [0.05, 0.1) is 0 Å². The minimum Gasteiger partial charge on any atom is -0.465 e. The van der Waals surface area contributed by atoms with Crippen molar-refractivity contribution >= 4 is 6.09 Å². The molecule has 1 atom stereocenters. The topological polar surface area (TPSA) is 40.5 Å². The van der Waals surface area contributed by atoms with Crippen LogP contribution in [0.4, 0.5) is 9.18 Å². The molecule has 1 fully saturated rings. The number of piperidine rings is 1. The number of halogens is 1. The lowest BCUT2D eigenvalue weighted by atomic mass is 9.89. The molecule has 0 aromatic heterocycles. The fourth-order valence-corrected chi connectivity index (χ4v) is 2.46. The van der Waals surface area contributed by atoms with Gasteiger partial charge in [-0.1, -0.05) is 30.3 Å². The van der Waals surface area contributed by atoms with Crippen molar-refractivity contribution in [3.05, 3.63) is 35.9 Å². The smallest absolute Gasteiger partial charge is 0.407 e. The van der Waals surface area contributed by atoms with Crippen LogP contribution in [0.25, 0.3) is 0 Å². The number of likely N-dealkylation sites (tertiary alicyclic amines) is 1. The molecule has 1 heterocycles. The Morgan fingerprint density at radius 2 is 1.94 bits per heavy atom. The van der Waals surface area contributed by atoms with Crippen molar-refractivity contribution in [2.75, 3.05) is 13.1 Å². The Morgan fingerprint density at radius 3 is 2.50 bits per heavy atom.